The minimum absolute atomic E-state index is 1.21. The lowest BCUT2D eigenvalue weighted by Gasteiger charge is -2.11. The molecule has 1 aromatic carbocycles. The van der Waals surface area contributed by atoms with Crippen molar-refractivity contribution in [3.05, 3.63) is 28.1 Å². The fourth-order valence-electron chi connectivity index (χ4n) is 1.42. The summed E-state index contributed by atoms with van der Waals surface area (Å²) in [6.07, 6.45) is 0. The van der Waals surface area contributed by atoms with Gasteiger partial charge in [0.05, 0.1) is 9.47 Å². The van der Waals surface area contributed by atoms with Crippen LogP contribution in [0.2, 0.25) is 0 Å². The summed E-state index contributed by atoms with van der Waals surface area (Å²) in [5, 5.41) is 1.32. The zero-order valence-electron chi connectivity index (χ0n) is 7.54. The van der Waals surface area contributed by atoms with Crippen molar-refractivity contribution in [1.82, 2.24) is 0 Å². The molecule has 2 aromatic rings. The maximum Gasteiger partial charge on any atom is 0.0944 e. The smallest absolute Gasteiger partial charge is 0.0944 e. The van der Waals surface area contributed by atoms with Gasteiger partial charge in [0.25, 0.3) is 0 Å². The van der Waals surface area contributed by atoms with Crippen LogP contribution in [0.15, 0.2) is 28.1 Å². The average Bonchev–Trinajstić information content (AvgIpc) is 2.39. The molecule has 0 saturated carbocycles. The van der Waals surface area contributed by atoms with Gasteiger partial charge in [-0.3, -0.25) is 0 Å². The topological polar surface area (TPSA) is 3.24 Å². The summed E-state index contributed by atoms with van der Waals surface area (Å²) >= 11 is 5.37. The van der Waals surface area contributed by atoms with Gasteiger partial charge < -0.3 is 4.90 Å². The number of rotatable bonds is 1. The number of benzene rings is 1. The molecule has 0 unspecified atom stereocenters. The Kier molecular flexibility index (Phi) is 2.30. The molecule has 1 heterocycles. The van der Waals surface area contributed by atoms with Crippen LogP contribution in [-0.2, 0) is 0 Å². The van der Waals surface area contributed by atoms with E-state index in [0.29, 0.717) is 0 Å². The fourth-order valence-corrected chi connectivity index (χ4v) is 3.51. The maximum atomic E-state index is 3.59. The molecule has 0 bridgehead atoms. The molecule has 68 valence electrons. The van der Waals surface area contributed by atoms with Crippen molar-refractivity contribution in [2.45, 2.75) is 0 Å². The van der Waals surface area contributed by atoms with Crippen LogP contribution >= 0.6 is 27.3 Å². The van der Waals surface area contributed by atoms with Crippen LogP contribution in [0.25, 0.3) is 10.1 Å². The van der Waals surface area contributed by atoms with E-state index < -0.39 is 0 Å². The molecule has 0 amide bonds. The van der Waals surface area contributed by atoms with Crippen LogP contribution in [0.3, 0.4) is 0 Å². The number of anilines is 1. The Labute approximate surface area is 90.1 Å². The van der Waals surface area contributed by atoms with E-state index >= 15 is 0 Å². The van der Waals surface area contributed by atoms with Crippen molar-refractivity contribution >= 4 is 43.0 Å². The molecular weight excluding hydrogens is 246 g/mol. The molecule has 1 aromatic heterocycles. The number of fused-ring (bicyclic) bond motifs is 1. The lowest BCUT2D eigenvalue weighted by Crippen LogP contribution is -2.08. The minimum atomic E-state index is 1.21. The van der Waals surface area contributed by atoms with Gasteiger partial charge in [-0.25, -0.2) is 0 Å². The zero-order chi connectivity index (χ0) is 9.42. The van der Waals surface area contributed by atoms with Crippen LogP contribution in [0.1, 0.15) is 0 Å². The van der Waals surface area contributed by atoms with Gasteiger partial charge in [-0.2, -0.15) is 0 Å². The highest BCUT2D eigenvalue weighted by molar-refractivity contribution is 9.11. The Morgan fingerprint density at radius 2 is 1.92 bits per heavy atom. The van der Waals surface area contributed by atoms with Crippen molar-refractivity contribution in [1.29, 1.82) is 0 Å². The Balaban J connectivity index is 2.78. The molecule has 0 N–H and O–H groups in total. The summed E-state index contributed by atoms with van der Waals surface area (Å²) in [4.78, 5) is 2.14. The van der Waals surface area contributed by atoms with E-state index in [2.05, 4.69) is 59.2 Å². The average molecular weight is 256 g/mol. The fraction of sp³-hybridized carbons (Fsp3) is 0.200. The van der Waals surface area contributed by atoms with Gasteiger partial charge in [0.1, 0.15) is 0 Å². The van der Waals surface area contributed by atoms with E-state index in [4.69, 9.17) is 0 Å². The lowest BCUT2D eigenvalue weighted by molar-refractivity contribution is 1.14. The Bertz CT molecular complexity index is 433. The molecule has 0 aliphatic heterocycles. The largest absolute Gasteiger partial charge is 0.376 e. The van der Waals surface area contributed by atoms with Gasteiger partial charge in [-0.15, -0.1) is 11.3 Å². The molecular formula is C10H10BrNS. The van der Waals surface area contributed by atoms with Crippen LogP contribution in [0.4, 0.5) is 5.69 Å². The van der Waals surface area contributed by atoms with Crippen molar-refractivity contribution in [3.63, 3.8) is 0 Å². The van der Waals surface area contributed by atoms with E-state index in [1.165, 1.54) is 19.6 Å². The first-order valence-electron chi connectivity index (χ1n) is 4.04. The molecule has 0 fully saturated rings. The summed E-state index contributed by atoms with van der Waals surface area (Å²) < 4.78 is 2.54. The summed E-state index contributed by atoms with van der Waals surface area (Å²) in [7, 11) is 4.14. The first-order valence-corrected chi connectivity index (χ1v) is 5.65. The number of thiophene rings is 1. The van der Waals surface area contributed by atoms with E-state index in [0.717, 1.165) is 0 Å². The third kappa shape index (κ3) is 1.46. The van der Waals surface area contributed by atoms with Crippen LogP contribution in [-0.4, -0.2) is 14.1 Å². The number of hydrogen-bond donors (Lipinski definition) is 0. The molecule has 0 spiro atoms. The molecule has 3 heteroatoms. The van der Waals surface area contributed by atoms with Gasteiger partial charge in [0.15, 0.2) is 0 Å². The van der Waals surface area contributed by atoms with Gasteiger partial charge >= 0.3 is 0 Å². The van der Waals surface area contributed by atoms with Gasteiger partial charge in [0.2, 0.25) is 0 Å². The molecule has 0 atom stereocenters. The van der Waals surface area contributed by atoms with Crippen LogP contribution in [0, 0.1) is 0 Å². The summed E-state index contributed by atoms with van der Waals surface area (Å²) in [6, 6.07) is 8.46. The maximum absolute atomic E-state index is 3.59. The second-order valence-electron chi connectivity index (χ2n) is 3.11. The standard InChI is InChI=1S/C10H10BrNS/c1-12(2)9-7-5-3-4-6-8(7)13-10(9)11/h3-6H,1-2H3. The molecule has 0 radical (unpaired) electrons. The highest BCUT2D eigenvalue weighted by Crippen LogP contribution is 2.40. The third-order valence-corrected chi connectivity index (χ3v) is 3.78. The van der Waals surface area contributed by atoms with E-state index in [9.17, 15) is 0 Å². The second kappa shape index (κ2) is 3.31. The van der Waals surface area contributed by atoms with Crippen LogP contribution in [0.5, 0.6) is 0 Å². The predicted molar refractivity (Wildman–Crippen MR) is 63.9 cm³/mol. The lowest BCUT2D eigenvalue weighted by atomic mass is 10.2. The van der Waals surface area contributed by atoms with Gasteiger partial charge in [-0.1, -0.05) is 18.2 Å². The van der Waals surface area contributed by atoms with Crippen molar-refractivity contribution < 1.29 is 0 Å². The SMILES string of the molecule is CN(C)c1c(Br)sc2ccccc12. The summed E-state index contributed by atoms with van der Waals surface area (Å²) in [5.74, 6) is 0. The van der Waals surface area contributed by atoms with Gasteiger partial charge in [0, 0.05) is 24.2 Å². The predicted octanol–water partition coefficient (Wildman–Crippen LogP) is 3.73. The number of nitrogens with zero attached hydrogens (tertiary/aromatic N) is 1. The highest BCUT2D eigenvalue weighted by Gasteiger charge is 2.10. The monoisotopic (exact) mass is 255 g/mol. The Morgan fingerprint density at radius 1 is 1.23 bits per heavy atom. The molecule has 2 rings (SSSR count). The summed E-state index contributed by atoms with van der Waals surface area (Å²) in [6.45, 7) is 0. The Morgan fingerprint density at radius 3 is 2.62 bits per heavy atom. The molecule has 13 heavy (non-hydrogen) atoms. The highest BCUT2D eigenvalue weighted by atomic mass is 79.9. The van der Waals surface area contributed by atoms with Crippen LogP contribution < -0.4 is 4.90 Å². The first kappa shape index (κ1) is 9.03. The normalized spacial score (nSPS) is 10.7. The van der Waals surface area contributed by atoms with Crippen molar-refractivity contribution in [3.8, 4) is 0 Å². The zero-order valence-corrected chi connectivity index (χ0v) is 9.95. The quantitative estimate of drug-likeness (QED) is 0.751. The van der Waals surface area contributed by atoms with Crippen molar-refractivity contribution in [2.75, 3.05) is 19.0 Å². The molecule has 0 saturated heterocycles. The molecule has 1 nitrogen and oxygen atoms in total. The first-order chi connectivity index (χ1) is 6.20. The van der Waals surface area contributed by atoms with Crippen molar-refractivity contribution in [2.24, 2.45) is 0 Å². The van der Waals surface area contributed by atoms with E-state index in [1.807, 2.05) is 0 Å². The third-order valence-electron chi connectivity index (χ3n) is 1.98. The number of halogens is 1. The number of hydrogen-bond acceptors (Lipinski definition) is 2. The second-order valence-corrected chi connectivity index (χ2v) is 5.49. The van der Waals surface area contributed by atoms with Gasteiger partial charge in [-0.05, 0) is 22.0 Å². The van der Waals surface area contributed by atoms with E-state index in [1.54, 1.807) is 11.3 Å². The minimum Gasteiger partial charge on any atom is -0.376 e. The van der Waals surface area contributed by atoms with E-state index in [-0.39, 0.29) is 0 Å². The molecule has 0 aliphatic rings. The Hall–Kier alpha value is -0.540. The summed E-state index contributed by atoms with van der Waals surface area (Å²) in [5.41, 5.74) is 1.28. The molecule has 0 aliphatic carbocycles.